The molecule has 0 aliphatic heterocycles. The normalized spacial score (nSPS) is 12.0. The Labute approximate surface area is 223 Å². The van der Waals surface area contributed by atoms with Crippen molar-refractivity contribution < 1.29 is 8.42 Å². The SMILES string of the molecule is CS(=O)(=O)CCCn1c(Cn2c(=O)n(Cc3ccc(-c4nn[nH]n4)cc3)c3ccccc32)nc2ccccc21. The number of nitrogens with one attached hydrogen (secondary N) is 1. The standard InChI is InChI=1S/C27H26N8O3S/c1-39(37,38)16-6-15-33-22-8-3-2-7-21(22)28-25(33)18-35-24-10-5-4-9-23(24)34(27(35)36)17-19-11-13-20(14-12-19)26-29-31-32-30-26/h2-5,7-14H,6,15-18H2,1H3,(H,29,30,31,32). The molecule has 0 fully saturated rings. The molecule has 12 heteroatoms. The number of rotatable bonds is 9. The van der Waals surface area contributed by atoms with Gasteiger partial charge in [0.1, 0.15) is 15.7 Å². The number of nitrogens with zero attached hydrogens (tertiary/aromatic N) is 7. The number of hydrogen-bond acceptors (Lipinski definition) is 7. The second-order valence-electron chi connectivity index (χ2n) is 9.53. The van der Waals surface area contributed by atoms with Crippen LogP contribution in [0.1, 0.15) is 17.8 Å². The Morgan fingerprint density at radius 1 is 0.821 bits per heavy atom. The highest BCUT2D eigenvalue weighted by molar-refractivity contribution is 7.90. The Bertz CT molecular complexity index is 1940. The van der Waals surface area contributed by atoms with Crippen molar-refractivity contribution in [2.75, 3.05) is 12.0 Å². The number of imidazole rings is 2. The zero-order valence-corrected chi connectivity index (χ0v) is 22.0. The molecule has 3 aromatic carbocycles. The van der Waals surface area contributed by atoms with Gasteiger partial charge in [-0.05, 0) is 41.5 Å². The zero-order valence-electron chi connectivity index (χ0n) is 21.2. The molecule has 0 saturated heterocycles. The second-order valence-corrected chi connectivity index (χ2v) is 11.8. The highest BCUT2D eigenvalue weighted by Crippen LogP contribution is 2.21. The Kier molecular flexibility index (Phi) is 6.31. The summed E-state index contributed by atoms with van der Waals surface area (Å²) in [6, 6.07) is 23.2. The first-order valence-corrected chi connectivity index (χ1v) is 14.6. The number of aromatic nitrogens is 8. The largest absolute Gasteiger partial charge is 0.329 e. The quantitative estimate of drug-likeness (QED) is 0.297. The maximum atomic E-state index is 13.8. The van der Waals surface area contributed by atoms with E-state index in [4.69, 9.17) is 4.98 Å². The van der Waals surface area contributed by atoms with Crippen LogP contribution >= 0.6 is 0 Å². The van der Waals surface area contributed by atoms with Crippen molar-refractivity contribution in [3.8, 4) is 11.4 Å². The van der Waals surface area contributed by atoms with Crippen LogP contribution in [0, 0.1) is 0 Å². The highest BCUT2D eigenvalue weighted by atomic mass is 32.2. The van der Waals surface area contributed by atoms with Gasteiger partial charge >= 0.3 is 5.69 Å². The molecule has 0 unspecified atom stereocenters. The van der Waals surface area contributed by atoms with Crippen molar-refractivity contribution in [1.29, 1.82) is 0 Å². The molecule has 1 N–H and O–H groups in total. The molecule has 0 atom stereocenters. The lowest BCUT2D eigenvalue weighted by Crippen LogP contribution is -2.26. The smallest absolute Gasteiger partial charge is 0.326 e. The minimum Gasteiger partial charge on any atom is -0.326 e. The monoisotopic (exact) mass is 542 g/mol. The summed E-state index contributed by atoms with van der Waals surface area (Å²) >= 11 is 0. The lowest BCUT2D eigenvalue weighted by Gasteiger charge is -2.10. The number of fused-ring (bicyclic) bond motifs is 2. The van der Waals surface area contributed by atoms with E-state index in [1.165, 1.54) is 6.26 Å². The predicted molar refractivity (Wildman–Crippen MR) is 148 cm³/mol. The van der Waals surface area contributed by atoms with Crippen LogP contribution in [0.4, 0.5) is 0 Å². The van der Waals surface area contributed by atoms with Crippen LogP contribution in [-0.2, 0) is 29.5 Å². The summed E-state index contributed by atoms with van der Waals surface area (Å²) < 4.78 is 29.0. The van der Waals surface area contributed by atoms with Crippen LogP contribution in [-0.4, -0.2) is 59.7 Å². The van der Waals surface area contributed by atoms with Gasteiger partial charge < -0.3 is 4.57 Å². The molecule has 198 valence electrons. The van der Waals surface area contributed by atoms with E-state index in [2.05, 4.69) is 20.6 Å². The van der Waals surface area contributed by atoms with Crippen LogP contribution < -0.4 is 5.69 Å². The van der Waals surface area contributed by atoms with Crippen molar-refractivity contribution >= 4 is 31.9 Å². The van der Waals surface area contributed by atoms with Crippen molar-refractivity contribution in [3.05, 3.63) is 94.7 Å². The van der Waals surface area contributed by atoms with Crippen molar-refractivity contribution in [2.45, 2.75) is 26.1 Å². The van der Waals surface area contributed by atoms with Gasteiger partial charge in [0.2, 0.25) is 5.82 Å². The summed E-state index contributed by atoms with van der Waals surface area (Å²) in [6.45, 7) is 1.14. The van der Waals surface area contributed by atoms with Gasteiger partial charge in [0.25, 0.3) is 0 Å². The molecule has 0 amide bonds. The number of benzene rings is 3. The van der Waals surface area contributed by atoms with Crippen LogP contribution in [0.25, 0.3) is 33.5 Å². The number of aryl methyl sites for hydroxylation is 1. The summed E-state index contributed by atoms with van der Waals surface area (Å²) in [5.74, 6) is 1.30. The van der Waals surface area contributed by atoms with E-state index in [1.807, 2.05) is 77.4 Å². The highest BCUT2D eigenvalue weighted by Gasteiger charge is 2.18. The van der Waals surface area contributed by atoms with Crippen molar-refractivity contribution in [3.63, 3.8) is 0 Å². The molecule has 3 heterocycles. The summed E-state index contributed by atoms with van der Waals surface area (Å²) in [7, 11) is -3.08. The maximum Gasteiger partial charge on any atom is 0.329 e. The summed E-state index contributed by atoms with van der Waals surface area (Å²) in [4.78, 5) is 18.6. The third-order valence-corrected chi connectivity index (χ3v) is 7.78. The van der Waals surface area contributed by atoms with E-state index in [1.54, 1.807) is 9.13 Å². The van der Waals surface area contributed by atoms with E-state index in [-0.39, 0.29) is 18.0 Å². The van der Waals surface area contributed by atoms with Crippen molar-refractivity contribution in [1.82, 2.24) is 39.3 Å². The average molecular weight is 543 g/mol. The number of para-hydroxylation sites is 4. The van der Waals surface area contributed by atoms with Gasteiger partial charge in [0, 0.05) is 18.4 Å². The van der Waals surface area contributed by atoms with Crippen LogP contribution in [0.2, 0.25) is 0 Å². The van der Waals surface area contributed by atoms with Gasteiger partial charge in [-0.25, -0.2) is 18.2 Å². The van der Waals surface area contributed by atoms with Crippen LogP contribution in [0.5, 0.6) is 0 Å². The van der Waals surface area contributed by atoms with Gasteiger partial charge in [-0.1, -0.05) is 48.5 Å². The number of tetrazole rings is 1. The molecule has 3 aromatic heterocycles. The zero-order chi connectivity index (χ0) is 27.0. The molecule has 0 aliphatic rings. The Balaban J connectivity index is 1.36. The van der Waals surface area contributed by atoms with Gasteiger partial charge in [-0.2, -0.15) is 5.21 Å². The maximum absolute atomic E-state index is 13.8. The fourth-order valence-corrected chi connectivity index (χ4v) is 5.58. The van der Waals surface area contributed by atoms with Crippen LogP contribution in [0.15, 0.2) is 77.6 Å². The lowest BCUT2D eigenvalue weighted by atomic mass is 10.1. The third kappa shape index (κ3) is 4.98. The van der Waals surface area contributed by atoms with Crippen LogP contribution in [0.3, 0.4) is 0 Å². The van der Waals surface area contributed by atoms with E-state index in [9.17, 15) is 13.2 Å². The first-order valence-electron chi connectivity index (χ1n) is 12.5. The van der Waals surface area contributed by atoms with Gasteiger partial charge in [0.15, 0.2) is 0 Å². The van der Waals surface area contributed by atoms with E-state index < -0.39 is 9.84 Å². The fraction of sp³-hybridized carbons (Fsp3) is 0.222. The molecule has 0 aliphatic carbocycles. The molecule has 6 rings (SSSR count). The van der Waals surface area contributed by atoms with E-state index >= 15 is 0 Å². The fourth-order valence-electron chi connectivity index (χ4n) is 4.93. The Hall–Kier alpha value is -4.58. The van der Waals surface area contributed by atoms with E-state index in [0.29, 0.717) is 31.2 Å². The van der Waals surface area contributed by atoms with Crippen molar-refractivity contribution in [2.24, 2.45) is 0 Å². The molecule has 0 saturated carbocycles. The molecule has 0 bridgehead atoms. The van der Waals surface area contributed by atoms with E-state index in [0.717, 1.165) is 33.2 Å². The minimum absolute atomic E-state index is 0.0870. The Morgan fingerprint density at radius 3 is 2.15 bits per heavy atom. The second kappa shape index (κ2) is 9.95. The van der Waals surface area contributed by atoms with Gasteiger partial charge in [-0.3, -0.25) is 9.13 Å². The number of hydrogen-bond donors (Lipinski definition) is 1. The Morgan fingerprint density at radius 2 is 1.49 bits per heavy atom. The molecule has 11 nitrogen and oxygen atoms in total. The number of aromatic amines is 1. The molecule has 0 spiro atoms. The van der Waals surface area contributed by atoms with Gasteiger partial charge in [-0.15, -0.1) is 10.2 Å². The predicted octanol–water partition coefficient (Wildman–Crippen LogP) is 2.86. The first-order chi connectivity index (χ1) is 18.9. The third-order valence-electron chi connectivity index (χ3n) is 6.75. The van der Waals surface area contributed by atoms with Gasteiger partial charge in [0.05, 0.1) is 40.9 Å². The minimum atomic E-state index is -3.08. The molecular weight excluding hydrogens is 516 g/mol. The number of sulfone groups is 1. The lowest BCUT2D eigenvalue weighted by molar-refractivity contribution is 0.584. The summed E-state index contributed by atoms with van der Waals surface area (Å²) in [6.07, 6.45) is 1.70. The summed E-state index contributed by atoms with van der Waals surface area (Å²) in [5.41, 5.74) is 5.00. The molecule has 39 heavy (non-hydrogen) atoms. The first kappa shape index (κ1) is 24.7. The number of H-pyrrole nitrogens is 1. The summed E-state index contributed by atoms with van der Waals surface area (Å²) in [5, 5.41) is 14.1. The molecule has 0 radical (unpaired) electrons. The topological polar surface area (TPSA) is 133 Å². The molecular formula is C27H26N8O3S. The average Bonchev–Trinajstić information content (AvgIpc) is 3.64. The molecule has 6 aromatic rings.